The highest BCUT2D eigenvalue weighted by molar-refractivity contribution is 9.10. The van der Waals surface area contributed by atoms with Crippen LogP contribution in [0, 0.1) is 6.92 Å². The fourth-order valence-electron chi connectivity index (χ4n) is 3.08. The maximum absolute atomic E-state index is 12.6. The Bertz CT molecular complexity index is 756. The molecule has 1 N–H and O–H groups in total. The van der Waals surface area contributed by atoms with E-state index in [1.807, 2.05) is 31.0 Å². The largest absolute Gasteiger partial charge is 0.383 e. The lowest BCUT2D eigenvalue weighted by Crippen LogP contribution is -2.31. The van der Waals surface area contributed by atoms with Crippen LogP contribution in [0.2, 0.25) is 0 Å². The summed E-state index contributed by atoms with van der Waals surface area (Å²) in [5.74, 6) is 0. The minimum Gasteiger partial charge on any atom is -0.383 e. The summed E-state index contributed by atoms with van der Waals surface area (Å²) in [5, 5.41) is 0. The molecule has 4 nitrogen and oxygen atoms in total. The monoisotopic (exact) mass is 392 g/mol. The Morgan fingerprint density at radius 2 is 2.04 bits per heavy atom. The third-order valence-electron chi connectivity index (χ3n) is 4.25. The summed E-state index contributed by atoms with van der Waals surface area (Å²) in [7, 11) is 3.62. The highest BCUT2D eigenvalue weighted by Gasteiger charge is 2.18. The molecule has 0 fully saturated rings. The van der Waals surface area contributed by atoms with Crippen molar-refractivity contribution in [3.63, 3.8) is 0 Å². The smallest absolute Gasteiger partial charge is 0.271 e. The quantitative estimate of drug-likeness (QED) is 0.781. The number of rotatable bonds is 7. The van der Waals surface area contributed by atoms with Crippen molar-refractivity contribution in [1.29, 1.82) is 0 Å². The van der Waals surface area contributed by atoms with Gasteiger partial charge in [-0.05, 0) is 42.2 Å². The van der Waals surface area contributed by atoms with Crippen molar-refractivity contribution in [2.75, 3.05) is 32.2 Å². The van der Waals surface area contributed by atoms with E-state index in [2.05, 4.69) is 40.0 Å². The number of nitrogens with one attached hydrogen (secondary N) is 1. The molecule has 0 unspecified atom stereocenters. The molecule has 5 heteroatoms. The minimum absolute atomic E-state index is 0.0340. The molecule has 0 bridgehead atoms. The van der Waals surface area contributed by atoms with Gasteiger partial charge in [-0.25, -0.2) is 0 Å². The lowest BCUT2D eigenvalue weighted by atomic mass is 9.95. The number of pyridine rings is 1. The number of anilines is 1. The number of likely N-dealkylation sites (N-methyl/N-ethyl adjacent to an activating group) is 1. The van der Waals surface area contributed by atoms with Crippen LogP contribution in [0.15, 0.2) is 33.5 Å². The number of benzene rings is 1. The van der Waals surface area contributed by atoms with Gasteiger partial charge < -0.3 is 14.6 Å². The first-order valence-electron chi connectivity index (χ1n) is 8.17. The zero-order chi connectivity index (χ0) is 17.7. The molecular weight excluding hydrogens is 368 g/mol. The van der Waals surface area contributed by atoms with Crippen molar-refractivity contribution < 1.29 is 4.74 Å². The van der Waals surface area contributed by atoms with E-state index in [0.29, 0.717) is 13.2 Å². The molecule has 0 saturated carbocycles. The number of hydrogen-bond acceptors (Lipinski definition) is 3. The maximum atomic E-state index is 12.6. The van der Waals surface area contributed by atoms with E-state index < -0.39 is 0 Å². The van der Waals surface area contributed by atoms with Crippen LogP contribution in [0.1, 0.15) is 29.3 Å². The van der Waals surface area contributed by atoms with Gasteiger partial charge in [-0.15, -0.1) is 0 Å². The highest BCUT2D eigenvalue weighted by atomic mass is 79.9. The van der Waals surface area contributed by atoms with Crippen molar-refractivity contribution in [3.05, 3.63) is 61.5 Å². The molecule has 0 atom stereocenters. The molecule has 130 valence electrons. The Hall–Kier alpha value is -1.59. The molecule has 1 heterocycles. The molecule has 0 radical (unpaired) electrons. The highest BCUT2D eigenvalue weighted by Crippen LogP contribution is 2.26. The second kappa shape index (κ2) is 8.49. The predicted octanol–water partition coefficient (Wildman–Crippen LogP) is 3.68. The normalized spacial score (nSPS) is 10.9. The number of H-pyrrole nitrogens is 1. The van der Waals surface area contributed by atoms with E-state index >= 15 is 0 Å². The predicted molar refractivity (Wildman–Crippen MR) is 103 cm³/mol. The fraction of sp³-hybridized carbons (Fsp3) is 0.421. The third-order valence-corrected chi connectivity index (χ3v) is 4.75. The van der Waals surface area contributed by atoms with E-state index in [1.54, 1.807) is 7.11 Å². The van der Waals surface area contributed by atoms with Crippen LogP contribution in [0.3, 0.4) is 0 Å². The van der Waals surface area contributed by atoms with Crippen molar-refractivity contribution in [3.8, 4) is 0 Å². The summed E-state index contributed by atoms with van der Waals surface area (Å²) in [6.07, 6.45) is 1.62. The van der Waals surface area contributed by atoms with Gasteiger partial charge in [-0.1, -0.05) is 35.0 Å². The van der Waals surface area contributed by atoms with Crippen LogP contribution in [0.25, 0.3) is 0 Å². The minimum atomic E-state index is -0.0340. The zero-order valence-corrected chi connectivity index (χ0v) is 16.4. The number of aryl methyl sites for hydroxylation is 1. The summed E-state index contributed by atoms with van der Waals surface area (Å²) in [6, 6.07) is 8.24. The number of aromatic nitrogens is 1. The lowest BCUT2D eigenvalue weighted by Gasteiger charge is -2.24. The van der Waals surface area contributed by atoms with Gasteiger partial charge in [0.05, 0.1) is 6.61 Å². The van der Waals surface area contributed by atoms with Crippen LogP contribution >= 0.6 is 15.9 Å². The second-order valence-electron chi connectivity index (χ2n) is 5.96. The molecular formula is C19H25BrN2O2. The molecule has 1 aromatic heterocycles. The summed E-state index contributed by atoms with van der Waals surface area (Å²) < 4.78 is 6.22. The molecule has 1 aromatic carbocycles. The lowest BCUT2D eigenvalue weighted by molar-refractivity contribution is 0.206. The maximum Gasteiger partial charge on any atom is 0.271 e. The molecule has 0 amide bonds. The van der Waals surface area contributed by atoms with Crippen molar-refractivity contribution >= 4 is 21.6 Å². The molecule has 2 rings (SSSR count). The van der Waals surface area contributed by atoms with Gasteiger partial charge in [0.15, 0.2) is 0 Å². The SMILES string of the molecule is CCc1c(C)[nH]c(=O)c(N(C)CCOC)c1Cc1cccc(Br)c1. The Balaban J connectivity index is 2.54. The van der Waals surface area contributed by atoms with Gasteiger partial charge in [0.1, 0.15) is 5.69 Å². The van der Waals surface area contributed by atoms with Crippen LogP contribution in [-0.2, 0) is 17.6 Å². The first-order chi connectivity index (χ1) is 11.5. The van der Waals surface area contributed by atoms with Crippen LogP contribution in [0.5, 0.6) is 0 Å². The Morgan fingerprint density at radius 3 is 2.67 bits per heavy atom. The summed E-state index contributed by atoms with van der Waals surface area (Å²) in [5.41, 5.74) is 5.17. The van der Waals surface area contributed by atoms with Crippen molar-refractivity contribution in [2.45, 2.75) is 26.7 Å². The number of ether oxygens (including phenoxy) is 1. The van der Waals surface area contributed by atoms with Crippen molar-refractivity contribution in [1.82, 2.24) is 4.98 Å². The van der Waals surface area contributed by atoms with E-state index in [0.717, 1.165) is 34.3 Å². The first kappa shape index (κ1) is 18.7. The van der Waals surface area contributed by atoms with Crippen molar-refractivity contribution in [2.24, 2.45) is 0 Å². The van der Waals surface area contributed by atoms with E-state index in [4.69, 9.17) is 4.74 Å². The molecule has 0 aliphatic carbocycles. The Kier molecular flexibility index (Phi) is 6.63. The van der Waals surface area contributed by atoms with E-state index in [1.165, 1.54) is 11.1 Å². The van der Waals surface area contributed by atoms with Gasteiger partial charge in [0.2, 0.25) is 0 Å². The molecule has 0 spiro atoms. The number of hydrogen-bond donors (Lipinski definition) is 1. The van der Waals surface area contributed by atoms with Crippen LogP contribution < -0.4 is 10.5 Å². The van der Waals surface area contributed by atoms with E-state index in [-0.39, 0.29) is 5.56 Å². The van der Waals surface area contributed by atoms with E-state index in [9.17, 15) is 4.79 Å². The van der Waals surface area contributed by atoms with Crippen LogP contribution in [-0.4, -0.2) is 32.3 Å². The summed E-state index contributed by atoms with van der Waals surface area (Å²) in [4.78, 5) is 17.6. The topological polar surface area (TPSA) is 45.3 Å². The first-order valence-corrected chi connectivity index (χ1v) is 8.96. The van der Waals surface area contributed by atoms with Gasteiger partial charge in [-0.2, -0.15) is 0 Å². The molecule has 24 heavy (non-hydrogen) atoms. The van der Waals surface area contributed by atoms with Gasteiger partial charge in [-0.3, -0.25) is 4.79 Å². The van der Waals surface area contributed by atoms with Crippen LogP contribution in [0.4, 0.5) is 5.69 Å². The second-order valence-corrected chi connectivity index (χ2v) is 6.88. The zero-order valence-electron chi connectivity index (χ0n) is 14.8. The number of halogens is 1. The van der Waals surface area contributed by atoms with Gasteiger partial charge in [0.25, 0.3) is 5.56 Å². The number of methoxy groups -OCH3 is 1. The summed E-state index contributed by atoms with van der Waals surface area (Å²) >= 11 is 3.53. The average Bonchev–Trinajstić information content (AvgIpc) is 2.52. The van der Waals surface area contributed by atoms with Gasteiger partial charge in [0, 0.05) is 37.3 Å². The Morgan fingerprint density at radius 1 is 1.29 bits per heavy atom. The average molecular weight is 393 g/mol. The molecule has 0 aliphatic heterocycles. The number of nitrogens with zero attached hydrogens (tertiary/aromatic N) is 1. The molecule has 0 saturated heterocycles. The third kappa shape index (κ3) is 4.28. The number of aromatic amines is 1. The Labute approximate surface area is 152 Å². The molecule has 0 aliphatic rings. The molecule has 2 aromatic rings. The standard InChI is InChI=1S/C19H25BrN2O2/c1-5-16-13(2)21-19(23)18(22(3)9-10-24-4)17(16)12-14-7-6-8-15(20)11-14/h6-8,11H,5,9-10,12H2,1-4H3,(H,21,23). The van der Waals surface area contributed by atoms with Gasteiger partial charge >= 0.3 is 0 Å². The fourth-order valence-corrected chi connectivity index (χ4v) is 3.52. The summed E-state index contributed by atoms with van der Waals surface area (Å²) in [6.45, 7) is 5.37.